The minimum Gasteiger partial charge on any atom is -0.421 e. The molecular formula is C18H15F2N3O2. The van der Waals surface area contributed by atoms with Gasteiger partial charge in [-0.2, -0.15) is 0 Å². The molecule has 0 saturated heterocycles. The summed E-state index contributed by atoms with van der Waals surface area (Å²) in [6.07, 6.45) is 0.250. The lowest BCUT2D eigenvalue weighted by atomic mass is 10.1. The maximum atomic E-state index is 13.5. The van der Waals surface area contributed by atoms with E-state index >= 15 is 0 Å². The molecule has 0 radical (unpaired) electrons. The van der Waals surface area contributed by atoms with Crippen molar-refractivity contribution in [2.75, 3.05) is 5.32 Å². The number of aryl methyl sites for hydroxylation is 2. The molecule has 0 aliphatic heterocycles. The second kappa shape index (κ2) is 7.21. The highest BCUT2D eigenvalue weighted by molar-refractivity contribution is 5.90. The predicted molar refractivity (Wildman–Crippen MR) is 87.8 cm³/mol. The Bertz CT molecular complexity index is 909. The van der Waals surface area contributed by atoms with E-state index in [0.717, 1.165) is 17.2 Å². The van der Waals surface area contributed by atoms with Crippen LogP contribution in [-0.2, 0) is 11.2 Å². The number of benzene rings is 2. The summed E-state index contributed by atoms with van der Waals surface area (Å²) in [5.74, 6) is -1.27. The van der Waals surface area contributed by atoms with Gasteiger partial charge in [0.25, 0.3) is 0 Å². The number of nitrogens with one attached hydrogen (secondary N) is 1. The van der Waals surface area contributed by atoms with E-state index in [0.29, 0.717) is 17.8 Å². The van der Waals surface area contributed by atoms with Crippen LogP contribution in [0.25, 0.3) is 11.5 Å². The number of amides is 1. The zero-order valence-electron chi connectivity index (χ0n) is 13.4. The lowest BCUT2D eigenvalue weighted by Crippen LogP contribution is -2.13. The van der Waals surface area contributed by atoms with Gasteiger partial charge in [0.15, 0.2) is 0 Å². The average molecular weight is 343 g/mol. The zero-order valence-corrected chi connectivity index (χ0v) is 13.4. The van der Waals surface area contributed by atoms with Crippen molar-refractivity contribution in [3.63, 3.8) is 0 Å². The highest BCUT2D eigenvalue weighted by atomic mass is 19.1. The number of nitrogens with zero attached hydrogens (tertiary/aromatic N) is 2. The predicted octanol–water partition coefficient (Wildman–Crippen LogP) is 3.89. The Balaban J connectivity index is 1.59. The summed E-state index contributed by atoms with van der Waals surface area (Å²) in [6.45, 7) is 1.96. The van der Waals surface area contributed by atoms with Gasteiger partial charge >= 0.3 is 0 Å². The first-order valence-corrected chi connectivity index (χ1v) is 7.65. The van der Waals surface area contributed by atoms with Crippen molar-refractivity contribution in [2.45, 2.75) is 19.8 Å². The topological polar surface area (TPSA) is 68.0 Å². The largest absolute Gasteiger partial charge is 0.421 e. The highest BCUT2D eigenvalue weighted by Crippen LogP contribution is 2.20. The first-order valence-electron chi connectivity index (χ1n) is 7.65. The Labute approximate surface area is 142 Å². The molecule has 1 amide bonds. The molecule has 1 N–H and O–H groups in total. The molecule has 0 unspecified atom stereocenters. The van der Waals surface area contributed by atoms with Gasteiger partial charge in [0.1, 0.15) is 11.6 Å². The quantitative estimate of drug-likeness (QED) is 0.763. The molecule has 0 aliphatic carbocycles. The number of halogens is 2. The number of rotatable bonds is 5. The first kappa shape index (κ1) is 16.8. The molecule has 1 aromatic heterocycles. The molecule has 0 saturated carbocycles. The number of hydrogen-bond donors (Lipinski definition) is 1. The summed E-state index contributed by atoms with van der Waals surface area (Å²) in [6, 6.07) is 10.6. The fourth-order valence-electron chi connectivity index (χ4n) is 2.27. The Hall–Kier alpha value is -3.09. The van der Waals surface area contributed by atoms with Gasteiger partial charge in [0.05, 0.1) is 5.69 Å². The zero-order chi connectivity index (χ0) is 17.8. The summed E-state index contributed by atoms with van der Waals surface area (Å²) in [5.41, 5.74) is 1.80. The van der Waals surface area contributed by atoms with Gasteiger partial charge < -0.3 is 9.73 Å². The summed E-state index contributed by atoms with van der Waals surface area (Å²) in [4.78, 5) is 11.9. The molecule has 3 aromatic rings. The number of anilines is 1. The van der Waals surface area contributed by atoms with Crippen molar-refractivity contribution in [2.24, 2.45) is 0 Å². The van der Waals surface area contributed by atoms with E-state index in [1.54, 1.807) is 0 Å². The molecular weight excluding hydrogens is 328 g/mol. The van der Waals surface area contributed by atoms with Crippen molar-refractivity contribution in [3.8, 4) is 11.5 Å². The van der Waals surface area contributed by atoms with Crippen molar-refractivity contribution in [3.05, 3.63) is 65.6 Å². The lowest BCUT2D eigenvalue weighted by Gasteiger charge is -2.05. The second-order valence-electron chi connectivity index (χ2n) is 5.54. The van der Waals surface area contributed by atoms with Crippen LogP contribution in [0.3, 0.4) is 0 Å². The van der Waals surface area contributed by atoms with E-state index in [1.807, 2.05) is 31.2 Å². The van der Waals surface area contributed by atoms with Crippen LogP contribution in [0.15, 0.2) is 46.9 Å². The standard InChI is InChI=1S/C18H15F2N3O2/c1-11-3-2-4-12(9-11)18-23-22-17(25-18)8-7-16(24)21-15-6-5-13(19)10-14(15)20/h2-6,9-10H,7-8H2,1H3,(H,21,24). The third-order valence-corrected chi connectivity index (χ3v) is 3.50. The van der Waals surface area contributed by atoms with E-state index in [2.05, 4.69) is 15.5 Å². The van der Waals surface area contributed by atoms with Crippen LogP contribution in [0.4, 0.5) is 14.5 Å². The van der Waals surface area contributed by atoms with Gasteiger partial charge in [-0.15, -0.1) is 10.2 Å². The van der Waals surface area contributed by atoms with Gasteiger partial charge in [0, 0.05) is 24.5 Å². The molecule has 7 heteroatoms. The van der Waals surface area contributed by atoms with E-state index < -0.39 is 17.5 Å². The Morgan fingerprint density at radius 1 is 1.16 bits per heavy atom. The van der Waals surface area contributed by atoms with E-state index in [1.165, 1.54) is 6.07 Å². The molecule has 3 rings (SSSR count). The summed E-state index contributed by atoms with van der Waals surface area (Å²) < 4.78 is 31.9. The summed E-state index contributed by atoms with van der Waals surface area (Å²) in [7, 11) is 0. The van der Waals surface area contributed by atoms with E-state index in [9.17, 15) is 13.6 Å². The average Bonchev–Trinajstić information content (AvgIpc) is 3.05. The number of carbonyl (C=O) groups is 1. The minimum atomic E-state index is -0.826. The van der Waals surface area contributed by atoms with Gasteiger partial charge in [-0.05, 0) is 31.2 Å². The molecule has 1 heterocycles. The van der Waals surface area contributed by atoms with Crippen molar-refractivity contribution >= 4 is 11.6 Å². The van der Waals surface area contributed by atoms with Crippen LogP contribution >= 0.6 is 0 Å². The van der Waals surface area contributed by atoms with Crippen molar-refractivity contribution < 1.29 is 18.0 Å². The van der Waals surface area contributed by atoms with Gasteiger partial charge in [0.2, 0.25) is 17.7 Å². The van der Waals surface area contributed by atoms with E-state index in [4.69, 9.17) is 4.42 Å². The fraction of sp³-hybridized carbons (Fsp3) is 0.167. The molecule has 0 aliphatic rings. The molecule has 0 atom stereocenters. The number of carbonyl (C=O) groups excluding carboxylic acids is 1. The van der Waals surface area contributed by atoms with E-state index in [-0.39, 0.29) is 18.5 Å². The third-order valence-electron chi connectivity index (χ3n) is 3.50. The third kappa shape index (κ3) is 4.26. The molecule has 5 nitrogen and oxygen atoms in total. The molecule has 2 aromatic carbocycles. The fourth-order valence-corrected chi connectivity index (χ4v) is 2.27. The van der Waals surface area contributed by atoms with Gasteiger partial charge in [-0.3, -0.25) is 4.79 Å². The molecule has 25 heavy (non-hydrogen) atoms. The van der Waals surface area contributed by atoms with Crippen LogP contribution in [0.1, 0.15) is 17.9 Å². The SMILES string of the molecule is Cc1cccc(-c2nnc(CCC(=O)Nc3ccc(F)cc3F)o2)c1. The molecule has 128 valence electrons. The highest BCUT2D eigenvalue weighted by Gasteiger charge is 2.12. The Morgan fingerprint density at radius 3 is 2.76 bits per heavy atom. The van der Waals surface area contributed by atoms with Crippen LogP contribution in [0, 0.1) is 18.6 Å². The first-order chi connectivity index (χ1) is 12.0. The molecule has 0 bridgehead atoms. The monoisotopic (exact) mass is 343 g/mol. The van der Waals surface area contributed by atoms with Gasteiger partial charge in [-0.1, -0.05) is 17.7 Å². The normalized spacial score (nSPS) is 10.7. The Kier molecular flexibility index (Phi) is 4.83. The Morgan fingerprint density at radius 2 is 2.00 bits per heavy atom. The van der Waals surface area contributed by atoms with Crippen molar-refractivity contribution in [1.29, 1.82) is 0 Å². The van der Waals surface area contributed by atoms with Crippen molar-refractivity contribution in [1.82, 2.24) is 10.2 Å². The molecule has 0 fully saturated rings. The molecule has 0 spiro atoms. The smallest absolute Gasteiger partial charge is 0.247 e. The number of hydrogen-bond acceptors (Lipinski definition) is 4. The number of aromatic nitrogens is 2. The second-order valence-corrected chi connectivity index (χ2v) is 5.54. The minimum absolute atomic E-state index is 0.0340. The summed E-state index contributed by atoms with van der Waals surface area (Å²) >= 11 is 0. The maximum absolute atomic E-state index is 13.5. The van der Waals surface area contributed by atoms with Crippen LogP contribution in [0.2, 0.25) is 0 Å². The van der Waals surface area contributed by atoms with Crippen LogP contribution < -0.4 is 5.32 Å². The summed E-state index contributed by atoms with van der Waals surface area (Å²) in [5, 5.41) is 10.3. The van der Waals surface area contributed by atoms with Gasteiger partial charge in [-0.25, -0.2) is 8.78 Å². The van der Waals surface area contributed by atoms with Crippen LogP contribution in [-0.4, -0.2) is 16.1 Å². The van der Waals surface area contributed by atoms with Crippen LogP contribution in [0.5, 0.6) is 0 Å². The lowest BCUT2D eigenvalue weighted by molar-refractivity contribution is -0.116. The maximum Gasteiger partial charge on any atom is 0.247 e.